The summed E-state index contributed by atoms with van der Waals surface area (Å²) >= 11 is 0. The third kappa shape index (κ3) is 6.45. The van der Waals surface area contributed by atoms with Gasteiger partial charge in [-0.05, 0) is 38.0 Å². The topological polar surface area (TPSA) is 49.0 Å². The third-order valence-corrected chi connectivity index (χ3v) is 4.44. The molecule has 1 saturated heterocycles. The van der Waals surface area contributed by atoms with Crippen molar-refractivity contribution in [3.05, 3.63) is 54.1 Å². The Morgan fingerprint density at radius 3 is 2.85 bits per heavy atom. The van der Waals surface area contributed by atoms with E-state index in [9.17, 15) is 0 Å². The van der Waals surface area contributed by atoms with Crippen LogP contribution in [0.1, 0.15) is 25.3 Å². The Labute approximate surface area is 161 Å². The van der Waals surface area contributed by atoms with Crippen LogP contribution in [-0.4, -0.2) is 39.1 Å². The summed E-state index contributed by atoms with van der Waals surface area (Å²) in [6.45, 7) is 5.98. The van der Waals surface area contributed by atoms with E-state index in [4.69, 9.17) is 18.9 Å². The zero-order valence-electron chi connectivity index (χ0n) is 16.0. The molecular formula is C22H29NO4. The van der Waals surface area contributed by atoms with Crippen molar-refractivity contribution in [2.24, 2.45) is 0 Å². The van der Waals surface area contributed by atoms with Crippen LogP contribution in [0.3, 0.4) is 0 Å². The van der Waals surface area contributed by atoms with Crippen LogP contribution in [0.25, 0.3) is 0 Å². The normalized spacial score (nSPS) is 16.3. The first-order valence-corrected chi connectivity index (χ1v) is 9.72. The maximum atomic E-state index is 5.88. The Morgan fingerprint density at radius 1 is 1.07 bits per heavy atom. The van der Waals surface area contributed by atoms with Gasteiger partial charge in [0.05, 0.1) is 12.7 Å². The molecule has 0 aliphatic carbocycles. The Hall–Kier alpha value is -2.24. The van der Waals surface area contributed by atoms with Gasteiger partial charge in [0.25, 0.3) is 0 Å². The van der Waals surface area contributed by atoms with E-state index in [-0.39, 0.29) is 6.10 Å². The van der Waals surface area contributed by atoms with Gasteiger partial charge in [-0.3, -0.25) is 0 Å². The Kier molecular flexibility index (Phi) is 7.81. The quantitative estimate of drug-likeness (QED) is 0.598. The van der Waals surface area contributed by atoms with Crippen LogP contribution in [0, 0.1) is 0 Å². The maximum absolute atomic E-state index is 5.88. The number of para-hydroxylation sites is 1. The van der Waals surface area contributed by atoms with E-state index < -0.39 is 0 Å². The zero-order chi connectivity index (χ0) is 18.7. The van der Waals surface area contributed by atoms with Crippen LogP contribution in [-0.2, 0) is 16.0 Å². The van der Waals surface area contributed by atoms with Crippen molar-refractivity contribution >= 4 is 5.69 Å². The summed E-state index contributed by atoms with van der Waals surface area (Å²) in [5.74, 6) is 1.74. The molecule has 0 unspecified atom stereocenters. The second kappa shape index (κ2) is 10.8. The first-order valence-electron chi connectivity index (χ1n) is 9.72. The molecule has 2 aromatic rings. The monoisotopic (exact) mass is 371 g/mol. The largest absolute Gasteiger partial charge is 0.491 e. The number of anilines is 1. The molecule has 0 amide bonds. The van der Waals surface area contributed by atoms with Gasteiger partial charge in [0, 0.05) is 37.1 Å². The van der Waals surface area contributed by atoms with Crippen LogP contribution in [0.15, 0.2) is 48.5 Å². The molecule has 1 aliphatic heterocycles. The fourth-order valence-electron chi connectivity index (χ4n) is 3.00. The van der Waals surface area contributed by atoms with Gasteiger partial charge < -0.3 is 24.3 Å². The van der Waals surface area contributed by atoms with Crippen molar-refractivity contribution in [1.82, 2.24) is 0 Å². The highest BCUT2D eigenvalue weighted by Crippen LogP contribution is 2.22. The molecule has 1 fully saturated rings. The lowest BCUT2D eigenvalue weighted by atomic mass is 10.2. The third-order valence-electron chi connectivity index (χ3n) is 4.44. The number of ether oxygens (including phenoxy) is 4. The van der Waals surface area contributed by atoms with Gasteiger partial charge in [0.15, 0.2) is 0 Å². The maximum Gasteiger partial charge on any atom is 0.124 e. The predicted octanol–water partition coefficient (Wildman–Crippen LogP) is 4.27. The molecule has 1 atom stereocenters. The number of hydrogen-bond donors (Lipinski definition) is 1. The first kappa shape index (κ1) is 19.5. The molecule has 5 heteroatoms. The van der Waals surface area contributed by atoms with Gasteiger partial charge in [-0.2, -0.15) is 0 Å². The molecule has 1 aliphatic rings. The van der Waals surface area contributed by atoms with Gasteiger partial charge in [-0.15, -0.1) is 0 Å². The lowest BCUT2D eigenvalue weighted by molar-refractivity contribution is 0.0680. The van der Waals surface area contributed by atoms with Gasteiger partial charge in [-0.25, -0.2) is 0 Å². The Balaban J connectivity index is 1.51. The minimum Gasteiger partial charge on any atom is -0.491 e. The van der Waals surface area contributed by atoms with Gasteiger partial charge in [0.1, 0.15) is 24.7 Å². The molecule has 5 nitrogen and oxygen atoms in total. The van der Waals surface area contributed by atoms with E-state index in [0.717, 1.165) is 42.2 Å². The number of hydrogen-bond acceptors (Lipinski definition) is 5. The predicted molar refractivity (Wildman–Crippen MR) is 107 cm³/mol. The summed E-state index contributed by atoms with van der Waals surface area (Å²) in [5.41, 5.74) is 2.13. The number of nitrogens with one attached hydrogen (secondary N) is 1. The lowest BCUT2D eigenvalue weighted by Crippen LogP contribution is -2.16. The molecule has 0 spiro atoms. The average molecular weight is 371 g/mol. The fourth-order valence-corrected chi connectivity index (χ4v) is 3.00. The van der Waals surface area contributed by atoms with Crippen LogP contribution in [0.5, 0.6) is 11.5 Å². The summed E-state index contributed by atoms with van der Waals surface area (Å²) in [6.07, 6.45) is 2.43. The van der Waals surface area contributed by atoms with E-state index in [2.05, 4.69) is 11.4 Å². The zero-order valence-corrected chi connectivity index (χ0v) is 16.0. The van der Waals surface area contributed by atoms with Crippen molar-refractivity contribution in [3.63, 3.8) is 0 Å². The molecule has 1 N–H and O–H groups in total. The molecule has 1 heterocycles. The summed E-state index contributed by atoms with van der Waals surface area (Å²) in [7, 11) is 0. The molecule has 3 rings (SSSR count). The highest BCUT2D eigenvalue weighted by atomic mass is 16.5. The molecule has 0 saturated carbocycles. The van der Waals surface area contributed by atoms with Crippen LogP contribution in [0.4, 0.5) is 5.69 Å². The standard InChI is InChI=1S/C22H29NO4/c1-2-24-13-14-26-22-11-4-3-7-18(22)16-23-19-8-5-9-20(15-19)27-17-21-10-6-12-25-21/h3-5,7-9,11,15,21,23H,2,6,10,12-14,16-17H2,1H3/t21-/m0/s1. The second-order valence-electron chi connectivity index (χ2n) is 6.48. The minimum atomic E-state index is 0.224. The molecule has 27 heavy (non-hydrogen) atoms. The second-order valence-corrected chi connectivity index (χ2v) is 6.48. The summed E-state index contributed by atoms with van der Waals surface area (Å²) in [4.78, 5) is 0. The van der Waals surface area contributed by atoms with Crippen molar-refractivity contribution in [3.8, 4) is 11.5 Å². The molecule has 0 aromatic heterocycles. The van der Waals surface area contributed by atoms with Crippen molar-refractivity contribution in [2.75, 3.05) is 38.4 Å². The Bertz CT molecular complexity index is 686. The van der Waals surface area contributed by atoms with Gasteiger partial charge in [-0.1, -0.05) is 24.3 Å². The number of benzene rings is 2. The molecule has 2 aromatic carbocycles. The van der Waals surface area contributed by atoms with Crippen molar-refractivity contribution < 1.29 is 18.9 Å². The van der Waals surface area contributed by atoms with E-state index in [1.165, 1.54) is 0 Å². The smallest absolute Gasteiger partial charge is 0.124 e. The fraction of sp³-hybridized carbons (Fsp3) is 0.455. The molecule has 0 bridgehead atoms. The SMILES string of the molecule is CCOCCOc1ccccc1CNc1cccc(OC[C@@H]2CCCO2)c1. The molecule has 146 valence electrons. The van der Waals surface area contributed by atoms with Gasteiger partial charge in [0.2, 0.25) is 0 Å². The molecule has 0 radical (unpaired) electrons. The van der Waals surface area contributed by atoms with Crippen molar-refractivity contribution in [1.29, 1.82) is 0 Å². The van der Waals surface area contributed by atoms with Crippen LogP contribution >= 0.6 is 0 Å². The Morgan fingerprint density at radius 2 is 2.00 bits per heavy atom. The van der Waals surface area contributed by atoms with Crippen LogP contribution < -0.4 is 14.8 Å². The number of rotatable bonds is 11. The highest BCUT2D eigenvalue weighted by Gasteiger charge is 2.16. The summed E-state index contributed by atoms with van der Waals surface area (Å²) in [6, 6.07) is 16.1. The van der Waals surface area contributed by atoms with E-state index >= 15 is 0 Å². The summed E-state index contributed by atoms with van der Waals surface area (Å²) < 4.78 is 22.7. The highest BCUT2D eigenvalue weighted by molar-refractivity contribution is 5.49. The lowest BCUT2D eigenvalue weighted by Gasteiger charge is -2.14. The van der Waals surface area contributed by atoms with E-state index in [1.807, 2.05) is 49.4 Å². The minimum absolute atomic E-state index is 0.224. The van der Waals surface area contributed by atoms with Gasteiger partial charge >= 0.3 is 0 Å². The van der Waals surface area contributed by atoms with Crippen LogP contribution in [0.2, 0.25) is 0 Å². The van der Waals surface area contributed by atoms with Crippen molar-refractivity contribution in [2.45, 2.75) is 32.4 Å². The first-order chi connectivity index (χ1) is 13.3. The van der Waals surface area contributed by atoms with E-state index in [0.29, 0.717) is 33.0 Å². The molecular weight excluding hydrogens is 342 g/mol. The van der Waals surface area contributed by atoms with E-state index in [1.54, 1.807) is 0 Å². The average Bonchev–Trinajstić information content (AvgIpc) is 3.23. The summed E-state index contributed by atoms with van der Waals surface area (Å²) in [5, 5.41) is 3.45.